The van der Waals surface area contributed by atoms with Crippen molar-refractivity contribution in [3.05, 3.63) is 23.8 Å². The summed E-state index contributed by atoms with van der Waals surface area (Å²) in [6.45, 7) is 5.59. The minimum atomic E-state index is -1.98. The molecule has 0 aliphatic heterocycles. The maximum absolute atomic E-state index is 17.2. The van der Waals surface area contributed by atoms with Crippen molar-refractivity contribution in [3.8, 4) is 0 Å². The molecule has 4 rings (SSSR count). The number of esters is 1. The molecule has 33 heavy (non-hydrogen) atoms. The Bertz CT molecular complexity index is 930. The zero-order valence-corrected chi connectivity index (χ0v) is 20.4. The van der Waals surface area contributed by atoms with Gasteiger partial charge in [-0.25, -0.2) is 4.39 Å². The standard InChI is InChI=1S/C26H34ClFO5/c1-4-5-6-22(32)33-25(21(31)15-27)12-10-18-19-8-7-16-13-17(29)9-11-23(16,2)26(19,28)20(30)14-24(18,25)3/h9,11,13,18-20,30H,4-8,10,12,14-15H2,1-3H3/t18-,19-,20-,23-,24-,25-,26-/m0/s1. The lowest BCUT2D eigenvalue weighted by Gasteiger charge is -2.62. The maximum Gasteiger partial charge on any atom is 0.306 e. The second kappa shape index (κ2) is 8.30. The number of ether oxygens (including phenoxy) is 1. The first-order valence-corrected chi connectivity index (χ1v) is 12.7. The molecule has 4 aliphatic rings. The normalized spacial score (nSPS) is 43.9. The summed E-state index contributed by atoms with van der Waals surface area (Å²) in [5.41, 5.74) is -4.74. The van der Waals surface area contributed by atoms with Crippen LogP contribution in [0.25, 0.3) is 0 Å². The van der Waals surface area contributed by atoms with Crippen LogP contribution in [-0.2, 0) is 19.1 Å². The number of carbonyl (C=O) groups is 3. The Labute approximate surface area is 199 Å². The van der Waals surface area contributed by atoms with E-state index in [0.717, 1.165) is 6.42 Å². The Hall–Kier alpha value is -1.53. The van der Waals surface area contributed by atoms with Crippen LogP contribution in [0.4, 0.5) is 4.39 Å². The molecule has 0 aromatic rings. The molecule has 4 aliphatic carbocycles. The summed E-state index contributed by atoms with van der Waals surface area (Å²) in [5.74, 6) is -2.08. The number of unbranched alkanes of at least 4 members (excludes halogenated alkanes) is 1. The maximum atomic E-state index is 17.2. The minimum absolute atomic E-state index is 0.0149. The van der Waals surface area contributed by atoms with Gasteiger partial charge in [-0.05, 0) is 63.5 Å². The van der Waals surface area contributed by atoms with Crippen LogP contribution < -0.4 is 0 Å². The molecule has 0 amide bonds. The fraction of sp³-hybridized carbons (Fsp3) is 0.731. The molecule has 0 aromatic heterocycles. The van der Waals surface area contributed by atoms with Gasteiger partial charge in [0.1, 0.15) is 0 Å². The fourth-order valence-electron chi connectivity index (χ4n) is 7.56. The highest BCUT2D eigenvalue weighted by Gasteiger charge is 2.75. The van der Waals surface area contributed by atoms with E-state index in [9.17, 15) is 19.5 Å². The van der Waals surface area contributed by atoms with Crippen molar-refractivity contribution < 1.29 is 28.6 Å². The van der Waals surface area contributed by atoms with Crippen molar-refractivity contribution in [1.29, 1.82) is 0 Å². The predicted octanol–water partition coefficient (Wildman–Crippen LogP) is 4.64. The van der Waals surface area contributed by atoms with Crippen LogP contribution in [0.2, 0.25) is 0 Å². The third-order valence-corrected chi connectivity index (χ3v) is 9.60. The van der Waals surface area contributed by atoms with E-state index in [1.807, 2.05) is 13.8 Å². The van der Waals surface area contributed by atoms with Crippen molar-refractivity contribution in [2.45, 2.75) is 89.5 Å². The van der Waals surface area contributed by atoms with Gasteiger partial charge in [-0.2, -0.15) is 0 Å². The number of aliphatic hydroxyl groups excluding tert-OH is 1. The van der Waals surface area contributed by atoms with Crippen LogP contribution in [0.15, 0.2) is 23.8 Å². The summed E-state index contributed by atoms with van der Waals surface area (Å²) >= 11 is 6.00. The van der Waals surface area contributed by atoms with Gasteiger partial charge in [0.05, 0.1) is 12.0 Å². The monoisotopic (exact) mass is 480 g/mol. The van der Waals surface area contributed by atoms with Gasteiger partial charge in [-0.15, -0.1) is 11.6 Å². The van der Waals surface area contributed by atoms with Crippen molar-refractivity contribution >= 4 is 29.1 Å². The van der Waals surface area contributed by atoms with Gasteiger partial charge in [0.2, 0.25) is 0 Å². The number of Topliss-reactive ketones (excluding diaryl/α,β-unsaturated/α-hetero) is 1. The number of hydrogen-bond donors (Lipinski definition) is 1. The largest absolute Gasteiger partial charge is 0.450 e. The molecular formula is C26H34ClFO5. The molecule has 0 radical (unpaired) electrons. The Morgan fingerprint density at radius 1 is 1.27 bits per heavy atom. The van der Waals surface area contributed by atoms with Gasteiger partial charge >= 0.3 is 5.97 Å². The minimum Gasteiger partial charge on any atom is -0.450 e. The molecule has 0 saturated heterocycles. The first-order chi connectivity index (χ1) is 15.5. The molecule has 7 atom stereocenters. The zero-order valence-electron chi connectivity index (χ0n) is 19.7. The van der Waals surface area contributed by atoms with E-state index in [1.54, 1.807) is 13.0 Å². The summed E-state index contributed by atoms with van der Waals surface area (Å²) in [5, 5.41) is 11.4. The van der Waals surface area contributed by atoms with Gasteiger partial charge in [0.25, 0.3) is 0 Å². The van der Waals surface area contributed by atoms with Crippen LogP contribution in [0.5, 0.6) is 0 Å². The molecule has 0 aromatic carbocycles. The number of fused-ring (bicyclic) bond motifs is 5. The number of halogens is 2. The average Bonchev–Trinajstić information content (AvgIpc) is 3.05. The van der Waals surface area contributed by atoms with Crippen molar-refractivity contribution in [2.24, 2.45) is 22.7 Å². The lowest BCUT2D eigenvalue weighted by atomic mass is 9.44. The molecule has 0 heterocycles. The summed E-state index contributed by atoms with van der Waals surface area (Å²) < 4.78 is 23.1. The van der Waals surface area contributed by atoms with Crippen LogP contribution in [0.1, 0.15) is 72.1 Å². The quantitative estimate of drug-likeness (QED) is 0.442. The Balaban J connectivity index is 1.75. The molecule has 7 heteroatoms. The van der Waals surface area contributed by atoms with Gasteiger partial charge in [-0.1, -0.05) is 31.9 Å². The predicted molar refractivity (Wildman–Crippen MR) is 122 cm³/mol. The topological polar surface area (TPSA) is 80.7 Å². The first kappa shape index (κ1) is 24.6. The molecule has 5 nitrogen and oxygen atoms in total. The number of rotatable bonds is 6. The van der Waals surface area contributed by atoms with Crippen molar-refractivity contribution in [1.82, 2.24) is 0 Å². The smallest absolute Gasteiger partial charge is 0.306 e. The second-order valence-corrected chi connectivity index (χ2v) is 11.0. The van der Waals surface area contributed by atoms with E-state index >= 15 is 4.39 Å². The molecule has 1 N–H and O–H groups in total. The van der Waals surface area contributed by atoms with E-state index in [2.05, 4.69) is 0 Å². The molecule has 0 unspecified atom stereocenters. The number of alkyl halides is 2. The fourth-order valence-corrected chi connectivity index (χ4v) is 7.77. The SMILES string of the molecule is CCCCC(=O)O[C@]1(C(=O)CCl)CC[C@H]2[C@@H]3CCC4=CC(=O)C=C[C@]4(C)[C@@]3(F)[C@@H](O)C[C@@]21C. The Kier molecular flexibility index (Phi) is 6.18. The van der Waals surface area contributed by atoms with Crippen LogP contribution >= 0.6 is 11.6 Å². The molecule has 0 spiro atoms. The summed E-state index contributed by atoms with van der Waals surface area (Å²) in [6, 6.07) is 0. The molecular weight excluding hydrogens is 447 g/mol. The van der Waals surface area contributed by atoms with E-state index in [0.29, 0.717) is 31.3 Å². The summed E-state index contributed by atoms with van der Waals surface area (Å²) in [4.78, 5) is 37.9. The van der Waals surface area contributed by atoms with E-state index in [-0.39, 0.29) is 42.6 Å². The molecule has 3 fully saturated rings. The highest BCUT2D eigenvalue weighted by Crippen LogP contribution is 2.70. The van der Waals surface area contributed by atoms with E-state index < -0.39 is 40.1 Å². The number of allylic oxidation sites excluding steroid dienone is 4. The third-order valence-electron chi connectivity index (χ3n) is 9.36. The average molecular weight is 481 g/mol. The first-order valence-electron chi connectivity index (χ1n) is 12.1. The van der Waals surface area contributed by atoms with Crippen LogP contribution in [0, 0.1) is 22.7 Å². The third kappa shape index (κ3) is 3.23. The van der Waals surface area contributed by atoms with Crippen molar-refractivity contribution in [3.63, 3.8) is 0 Å². The van der Waals surface area contributed by atoms with Crippen LogP contribution in [-0.4, -0.2) is 45.9 Å². The summed E-state index contributed by atoms with van der Waals surface area (Å²) in [7, 11) is 0. The second-order valence-electron chi connectivity index (χ2n) is 10.8. The number of ketones is 2. The lowest BCUT2D eigenvalue weighted by molar-refractivity contribution is -0.224. The molecule has 0 bridgehead atoms. The lowest BCUT2D eigenvalue weighted by Crippen LogP contribution is -2.69. The Morgan fingerprint density at radius 2 is 2.00 bits per heavy atom. The van der Waals surface area contributed by atoms with Crippen LogP contribution in [0.3, 0.4) is 0 Å². The highest BCUT2D eigenvalue weighted by molar-refractivity contribution is 6.29. The van der Waals surface area contributed by atoms with E-state index in [4.69, 9.17) is 16.3 Å². The van der Waals surface area contributed by atoms with E-state index in [1.165, 1.54) is 12.2 Å². The zero-order chi connectivity index (χ0) is 24.2. The Morgan fingerprint density at radius 3 is 2.67 bits per heavy atom. The highest BCUT2D eigenvalue weighted by atomic mass is 35.5. The van der Waals surface area contributed by atoms with Gasteiger partial charge < -0.3 is 9.84 Å². The number of aliphatic hydroxyl groups is 1. The summed E-state index contributed by atoms with van der Waals surface area (Å²) in [6.07, 6.45) is 6.60. The molecule has 182 valence electrons. The van der Waals surface area contributed by atoms with Gasteiger partial charge in [-0.3, -0.25) is 14.4 Å². The number of hydrogen-bond acceptors (Lipinski definition) is 5. The van der Waals surface area contributed by atoms with Crippen molar-refractivity contribution in [2.75, 3.05) is 5.88 Å². The van der Waals surface area contributed by atoms with Gasteiger partial charge in [0.15, 0.2) is 22.8 Å². The van der Waals surface area contributed by atoms with Gasteiger partial charge in [0, 0.05) is 23.2 Å². The number of carbonyl (C=O) groups excluding carboxylic acids is 3. The molecule has 3 saturated carbocycles.